The summed E-state index contributed by atoms with van der Waals surface area (Å²) in [5.41, 5.74) is 0.418. The molecule has 3 nitrogen and oxygen atoms in total. The maximum absolute atomic E-state index is 13.1. The second-order valence-corrected chi connectivity index (χ2v) is 6.53. The molecule has 1 aliphatic carbocycles. The van der Waals surface area contributed by atoms with Crippen molar-refractivity contribution >= 4 is 5.91 Å². The van der Waals surface area contributed by atoms with E-state index in [1.165, 1.54) is 12.1 Å². The molecule has 0 spiro atoms. The van der Waals surface area contributed by atoms with Gasteiger partial charge in [-0.15, -0.1) is 0 Å². The molecule has 1 amide bonds. The summed E-state index contributed by atoms with van der Waals surface area (Å²) in [5, 5.41) is 10.0. The molecule has 2 aliphatic rings. The number of likely N-dealkylation sites (tertiary alicyclic amines) is 1. The SMILES string of the molecule is CC1CCN(C(=O)C2(c3ccc(F)cc3)CCC2)CC1O. The van der Waals surface area contributed by atoms with Crippen molar-refractivity contribution < 1.29 is 14.3 Å². The molecule has 0 radical (unpaired) electrons. The topological polar surface area (TPSA) is 40.5 Å². The second-order valence-electron chi connectivity index (χ2n) is 6.53. The van der Waals surface area contributed by atoms with E-state index < -0.39 is 11.5 Å². The average molecular weight is 291 g/mol. The Kier molecular flexibility index (Phi) is 3.74. The summed E-state index contributed by atoms with van der Waals surface area (Å²) < 4.78 is 13.1. The van der Waals surface area contributed by atoms with Crippen LogP contribution >= 0.6 is 0 Å². The minimum Gasteiger partial charge on any atom is -0.391 e. The summed E-state index contributed by atoms with van der Waals surface area (Å²) in [5.74, 6) is 0.0754. The van der Waals surface area contributed by atoms with E-state index in [0.29, 0.717) is 13.1 Å². The van der Waals surface area contributed by atoms with Gasteiger partial charge in [0, 0.05) is 13.1 Å². The Bertz CT molecular complexity index is 524. The van der Waals surface area contributed by atoms with Gasteiger partial charge in [0.15, 0.2) is 0 Å². The van der Waals surface area contributed by atoms with E-state index in [-0.39, 0.29) is 17.6 Å². The molecule has 2 unspecified atom stereocenters. The van der Waals surface area contributed by atoms with Crippen molar-refractivity contribution in [3.8, 4) is 0 Å². The van der Waals surface area contributed by atoms with Gasteiger partial charge in [-0.1, -0.05) is 25.5 Å². The molecule has 1 saturated heterocycles. The van der Waals surface area contributed by atoms with Crippen molar-refractivity contribution in [1.82, 2.24) is 4.90 Å². The zero-order valence-corrected chi connectivity index (χ0v) is 12.4. The van der Waals surface area contributed by atoms with Crippen LogP contribution in [-0.4, -0.2) is 35.1 Å². The zero-order chi connectivity index (χ0) is 15.0. The minimum absolute atomic E-state index is 0.103. The predicted octanol–water partition coefficient (Wildman–Crippen LogP) is 2.48. The second kappa shape index (κ2) is 5.41. The Morgan fingerprint density at radius 1 is 1.33 bits per heavy atom. The highest BCUT2D eigenvalue weighted by atomic mass is 19.1. The maximum Gasteiger partial charge on any atom is 0.233 e. The highest BCUT2D eigenvalue weighted by molar-refractivity contribution is 5.89. The molecular formula is C17H22FNO2. The Morgan fingerprint density at radius 2 is 2.00 bits per heavy atom. The fourth-order valence-corrected chi connectivity index (χ4v) is 3.46. The molecule has 1 N–H and O–H groups in total. The Hall–Kier alpha value is -1.42. The lowest BCUT2D eigenvalue weighted by Gasteiger charge is -2.46. The molecule has 2 fully saturated rings. The number of benzene rings is 1. The number of aliphatic hydroxyl groups excluding tert-OH is 1. The van der Waals surface area contributed by atoms with E-state index in [2.05, 4.69) is 0 Å². The number of hydrogen-bond acceptors (Lipinski definition) is 2. The van der Waals surface area contributed by atoms with E-state index in [4.69, 9.17) is 0 Å². The molecule has 3 rings (SSSR count). The number of aliphatic hydroxyl groups is 1. The van der Waals surface area contributed by atoms with Crippen LogP contribution in [0.15, 0.2) is 24.3 Å². The molecule has 0 aromatic heterocycles. The van der Waals surface area contributed by atoms with Gasteiger partial charge in [0.2, 0.25) is 5.91 Å². The summed E-state index contributed by atoms with van der Waals surface area (Å²) >= 11 is 0. The molecule has 1 aromatic carbocycles. The summed E-state index contributed by atoms with van der Waals surface area (Å²) in [6.07, 6.45) is 3.06. The first kappa shape index (κ1) is 14.5. The first-order valence-electron chi connectivity index (χ1n) is 7.76. The van der Waals surface area contributed by atoms with Gasteiger partial charge in [-0.3, -0.25) is 4.79 Å². The molecule has 114 valence electrons. The Balaban J connectivity index is 1.82. The van der Waals surface area contributed by atoms with Gasteiger partial charge in [0.05, 0.1) is 11.5 Å². The van der Waals surface area contributed by atoms with Crippen LogP contribution < -0.4 is 0 Å². The minimum atomic E-state index is -0.492. The monoisotopic (exact) mass is 291 g/mol. The number of carbonyl (C=O) groups excluding carboxylic acids is 1. The third kappa shape index (κ3) is 2.46. The van der Waals surface area contributed by atoms with Crippen molar-refractivity contribution in [2.24, 2.45) is 5.92 Å². The standard InChI is InChI=1S/C17H22FNO2/c1-12-7-10-19(11-15(12)20)16(21)17(8-2-9-17)13-3-5-14(18)6-4-13/h3-6,12,15,20H,2,7-11H2,1H3. The van der Waals surface area contributed by atoms with E-state index in [9.17, 15) is 14.3 Å². The molecule has 1 aromatic rings. The van der Waals surface area contributed by atoms with Crippen LogP contribution in [0.4, 0.5) is 4.39 Å². The number of rotatable bonds is 2. The van der Waals surface area contributed by atoms with Gasteiger partial charge < -0.3 is 10.0 Å². The molecule has 0 bridgehead atoms. The third-order valence-electron chi connectivity index (χ3n) is 5.22. The Morgan fingerprint density at radius 3 is 2.52 bits per heavy atom. The molecule has 4 heteroatoms. The molecule has 1 saturated carbocycles. The lowest BCUT2D eigenvalue weighted by Crippen LogP contribution is -2.55. The van der Waals surface area contributed by atoms with Gasteiger partial charge in [-0.2, -0.15) is 0 Å². The van der Waals surface area contributed by atoms with Gasteiger partial charge in [-0.25, -0.2) is 4.39 Å². The fourth-order valence-electron chi connectivity index (χ4n) is 3.46. The van der Waals surface area contributed by atoms with E-state index in [1.807, 2.05) is 6.92 Å². The molecular weight excluding hydrogens is 269 g/mol. The molecule has 2 atom stereocenters. The first-order chi connectivity index (χ1) is 10.0. The van der Waals surface area contributed by atoms with Crippen LogP contribution in [0.2, 0.25) is 0 Å². The first-order valence-corrected chi connectivity index (χ1v) is 7.76. The van der Waals surface area contributed by atoms with E-state index in [1.54, 1.807) is 17.0 Å². The van der Waals surface area contributed by atoms with Crippen molar-refractivity contribution in [2.75, 3.05) is 13.1 Å². The number of halogens is 1. The summed E-state index contributed by atoms with van der Waals surface area (Å²) in [6.45, 7) is 3.15. The van der Waals surface area contributed by atoms with Crippen molar-refractivity contribution in [3.05, 3.63) is 35.6 Å². The smallest absolute Gasteiger partial charge is 0.233 e. The van der Waals surface area contributed by atoms with Crippen LogP contribution in [-0.2, 0) is 10.2 Å². The maximum atomic E-state index is 13.1. The molecule has 1 aliphatic heterocycles. The molecule has 21 heavy (non-hydrogen) atoms. The lowest BCUT2D eigenvalue weighted by molar-refractivity contribution is -0.145. The highest BCUT2D eigenvalue weighted by Gasteiger charge is 2.48. The van der Waals surface area contributed by atoms with Crippen molar-refractivity contribution in [3.63, 3.8) is 0 Å². The quantitative estimate of drug-likeness (QED) is 0.909. The predicted molar refractivity (Wildman–Crippen MR) is 78.3 cm³/mol. The van der Waals surface area contributed by atoms with Gasteiger partial charge >= 0.3 is 0 Å². The molecule has 1 heterocycles. The van der Waals surface area contributed by atoms with Gasteiger partial charge in [0.1, 0.15) is 5.82 Å². The van der Waals surface area contributed by atoms with E-state index in [0.717, 1.165) is 31.2 Å². The van der Waals surface area contributed by atoms with Crippen molar-refractivity contribution in [1.29, 1.82) is 0 Å². The van der Waals surface area contributed by atoms with Gasteiger partial charge in [-0.05, 0) is 42.9 Å². The summed E-state index contributed by atoms with van der Waals surface area (Å²) in [4.78, 5) is 14.8. The van der Waals surface area contributed by atoms with Crippen LogP contribution in [0, 0.1) is 11.7 Å². The lowest BCUT2D eigenvalue weighted by atomic mass is 9.63. The number of nitrogens with zero attached hydrogens (tertiary/aromatic N) is 1. The van der Waals surface area contributed by atoms with Crippen molar-refractivity contribution in [2.45, 2.75) is 44.1 Å². The van der Waals surface area contributed by atoms with Crippen LogP contribution in [0.25, 0.3) is 0 Å². The van der Waals surface area contributed by atoms with Crippen LogP contribution in [0.5, 0.6) is 0 Å². The Labute approximate surface area is 124 Å². The largest absolute Gasteiger partial charge is 0.391 e. The zero-order valence-electron chi connectivity index (χ0n) is 12.4. The number of amides is 1. The number of piperidine rings is 1. The summed E-state index contributed by atoms with van der Waals surface area (Å²) in [6, 6.07) is 6.32. The third-order valence-corrected chi connectivity index (χ3v) is 5.22. The van der Waals surface area contributed by atoms with Crippen LogP contribution in [0.1, 0.15) is 38.2 Å². The number of carbonyl (C=O) groups is 1. The fraction of sp³-hybridized carbons (Fsp3) is 0.588. The van der Waals surface area contributed by atoms with Crippen LogP contribution in [0.3, 0.4) is 0 Å². The average Bonchev–Trinajstić information content (AvgIpc) is 2.42. The highest BCUT2D eigenvalue weighted by Crippen LogP contribution is 2.45. The number of hydrogen-bond donors (Lipinski definition) is 1. The normalized spacial score (nSPS) is 28.0. The number of β-amino-alcohol motifs (C(OH)–C–C–N with tert-alkyl or cyclic N) is 1. The van der Waals surface area contributed by atoms with E-state index >= 15 is 0 Å². The van der Waals surface area contributed by atoms with Gasteiger partial charge in [0.25, 0.3) is 0 Å². The summed E-state index contributed by atoms with van der Waals surface area (Å²) in [7, 11) is 0.